The van der Waals surface area contributed by atoms with E-state index >= 15 is 0 Å². The van der Waals surface area contributed by atoms with E-state index < -0.39 is 95.8 Å². The predicted molar refractivity (Wildman–Crippen MR) is 474 cm³/mol. The fraction of sp³-hybridized carbons (Fsp3) is 0.364. The molecule has 0 aromatic heterocycles. The summed E-state index contributed by atoms with van der Waals surface area (Å²) in [6, 6.07) is 45.0. The number of carbonyl (C=O) groups is 9. The molecule has 0 aliphatic rings. The molecule has 0 aliphatic carbocycles. The number of benzene rings is 6. The summed E-state index contributed by atoms with van der Waals surface area (Å²) in [5, 5.41) is 30.0. The number of carbonyl (C=O) groups excluding carboxylic acids is 9. The molecule has 0 bridgehead atoms. The van der Waals surface area contributed by atoms with E-state index in [4.69, 9.17) is 71.1 Å². The van der Waals surface area contributed by atoms with Crippen LogP contribution in [-0.4, -0.2) is 165 Å². The van der Waals surface area contributed by atoms with E-state index in [9.17, 15) is 58.5 Å². The molecule has 6 aromatic rings. The minimum atomic E-state index is -1.01. The first-order valence-corrected chi connectivity index (χ1v) is 40.2. The van der Waals surface area contributed by atoms with Crippen LogP contribution in [0.1, 0.15) is 156 Å². The van der Waals surface area contributed by atoms with Crippen LogP contribution in [0.2, 0.25) is 0 Å². The lowest BCUT2D eigenvalue weighted by Crippen LogP contribution is -2.31. The highest BCUT2D eigenvalue weighted by Gasteiger charge is 2.30. The Balaban J connectivity index is 0.000000399. The van der Waals surface area contributed by atoms with Crippen LogP contribution in [0.3, 0.4) is 0 Å². The van der Waals surface area contributed by atoms with E-state index in [1.54, 1.807) is 57.2 Å². The van der Waals surface area contributed by atoms with Gasteiger partial charge < -0.3 is 86.4 Å². The van der Waals surface area contributed by atoms with Crippen molar-refractivity contribution in [3.63, 3.8) is 0 Å². The van der Waals surface area contributed by atoms with Crippen LogP contribution in [0.4, 0.5) is 0 Å². The fourth-order valence-electron chi connectivity index (χ4n) is 10.9. The first kappa shape index (κ1) is 105. The van der Waals surface area contributed by atoms with Crippen LogP contribution in [0.25, 0.3) is 0 Å². The summed E-state index contributed by atoms with van der Waals surface area (Å²) in [7, 11) is 0. The standard InChI is InChI=1S/C37H44O10.C33H40O9.C29H36O8/c1-23(2)34(39)44-22-32(47-36(41)25(5)6)21-43-30-17-13-28(14-18-30)37(9,10)27-11-15-29(16-12-27)42-20-31(46-35(40)24(3)4)19-33(38)45-26(7)8;1-21(2)31(36)40-20-29(42-32(37)22(3)4)19-39-28-15-11-25(12-16-28)33(7,8)24-9-13-27(14-10-24)38-18-26(34)17-30(35)41-23(5)6;1-19(2)28(33)36-18-24(31)17-35-26-13-9-22(10-14-26)29(5,6)21-7-11-25(12-8-21)34-16-23(30)15-27(32)37-20(3)4/h11-18,31-32H,1,3,5,7,19-22H2,2,4,6,8-10H3;9-16,26,29,34H,1,3,5,17-20H2,2,4,6-8H3;7-14,23-24,30-31H,1,3,15-18H2,2,4-6H3. The Morgan fingerprint density at radius 2 is 0.444 bits per heavy atom. The molecule has 6 aromatic carbocycles. The lowest BCUT2D eigenvalue weighted by molar-refractivity contribution is -0.155. The molecule has 27 nitrogen and oxygen atoms in total. The Bertz CT molecular complexity index is 4780. The molecule has 0 aliphatic heterocycles. The van der Waals surface area contributed by atoms with Gasteiger partial charge in [0.1, 0.15) is 106 Å². The van der Waals surface area contributed by atoms with Crippen LogP contribution in [-0.2, 0) is 102 Å². The van der Waals surface area contributed by atoms with E-state index in [2.05, 4.69) is 101 Å². The molecule has 0 fully saturated rings. The minimum Gasteiger partial charge on any atom is -0.491 e. The van der Waals surface area contributed by atoms with Gasteiger partial charge in [0.05, 0.1) is 48.7 Å². The van der Waals surface area contributed by atoms with Crippen molar-refractivity contribution in [2.75, 3.05) is 59.5 Å². The number of aliphatic hydroxyl groups is 3. The second-order valence-corrected chi connectivity index (χ2v) is 31.5. The van der Waals surface area contributed by atoms with Gasteiger partial charge in [0.15, 0.2) is 12.2 Å². The van der Waals surface area contributed by atoms with Gasteiger partial charge in [-0.1, -0.05) is 174 Å². The highest BCUT2D eigenvalue weighted by atomic mass is 16.6. The average molecular weight is 1740 g/mol. The number of ether oxygens (including phenoxy) is 15. The van der Waals surface area contributed by atoms with Crippen LogP contribution in [0, 0.1) is 0 Å². The number of rotatable bonds is 48. The molecule has 0 heterocycles. The van der Waals surface area contributed by atoms with E-state index in [1.165, 1.54) is 41.5 Å². The third-order valence-electron chi connectivity index (χ3n) is 18.3. The zero-order valence-electron chi connectivity index (χ0n) is 74.8. The van der Waals surface area contributed by atoms with Crippen molar-refractivity contribution in [1.82, 2.24) is 0 Å². The molecule has 0 saturated heterocycles. The molecule has 6 rings (SSSR count). The normalized spacial score (nSPS) is 12.3. The maximum atomic E-state index is 12.1. The van der Waals surface area contributed by atoms with Gasteiger partial charge in [0, 0.05) is 49.7 Å². The third-order valence-corrected chi connectivity index (χ3v) is 18.3. The third kappa shape index (κ3) is 37.9. The van der Waals surface area contributed by atoms with Gasteiger partial charge in [-0.15, -0.1) is 0 Å². The molecule has 678 valence electrons. The average Bonchev–Trinajstić information content (AvgIpc) is 0.810. The SMILES string of the molecule is C=C(C)OC(=O)CC(COc1ccc(C(C)(C)c2ccc(OCC(COC(=O)C(=C)C)OC(=O)C(=C)C)cc2)cc1)OC(=O)C(=C)C.C=C(C)OC(=O)CC(O)COc1ccc(C(C)(C)c2ccc(OCC(COC(=O)C(=C)C)OC(=O)C(=C)C)cc2)cc1.C=C(C)OC(=O)CC(O)COc1ccc(C(C)(C)c2ccc(OCC(O)COC(=O)C(=C)C)cc2)cc1. The fourth-order valence-corrected chi connectivity index (χ4v) is 10.9. The Kier molecular flexibility index (Phi) is 42.8. The van der Waals surface area contributed by atoms with Gasteiger partial charge in [-0.25, -0.2) is 28.8 Å². The van der Waals surface area contributed by atoms with E-state index in [0.29, 0.717) is 34.5 Å². The van der Waals surface area contributed by atoms with Gasteiger partial charge in [-0.3, -0.25) is 14.4 Å². The first-order valence-electron chi connectivity index (χ1n) is 40.2. The number of hydrogen-bond acceptors (Lipinski definition) is 27. The van der Waals surface area contributed by atoms with Gasteiger partial charge in [-0.2, -0.15) is 0 Å². The molecule has 6 unspecified atom stereocenters. The lowest BCUT2D eigenvalue weighted by atomic mass is 9.78. The second-order valence-electron chi connectivity index (χ2n) is 31.5. The van der Waals surface area contributed by atoms with Crippen molar-refractivity contribution in [3.05, 3.63) is 289 Å². The highest BCUT2D eigenvalue weighted by molar-refractivity contribution is 5.89. The zero-order valence-corrected chi connectivity index (χ0v) is 74.8. The monoisotopic (exact) mass is 1740 g/mol. The van der Waals surface area contributed by atoms with Gasteiger partial charge in [0.2, 0.25) is 0 Å². The second kappa shape index (κ2) is 51.2. The largest absolute Gasteiger partial charge is 0.491 e. The van der Waals surface area contributed by atoms with Crippen LogP contribution in [0.15, 0.2) is 256 Å². The van der Waals surface area contributed by atoms with Gasteiger partial charge >= 0.3 is 53.7 Å². The summed E-state index contributed by atoms with van der Waals surface area (Å²) < 4.78 is 80.3. The van der Waals surface area contributed by atoms with Crippen molar-refractivity contribution in [2.45, 2.75) is 176 Å². The van der Waals surface area contributed by atoms with Crippen molar-refractivity contribution in [3.8, 4) is 34.5 Å². The van der Waals surface area contributed by atoms with Crippen molar-refractivity contribution < 1.29 is 130 Å². The highest BCUT2D eigenvalue weighted by Crippen LogP contribution is 2.37. The number of allylic oxidation sites excluding steroid dienone is 3. The van der Waals surface area contributed by atoms with Crippen LogP contribution < -0.4 is 28.4 Å². The summed E-state index contributed by atoms with van der Waals surface area (Å²) >= 11 is 0. The molecule has 6 atom stereocenters. The summed E-state index contributed by atoms with van der Waals surface area (Å²) in [6.07, 6.45) is -6.10. The molecular weight excluding hydrogens is 1620 g/mol. The Labute approximate surface area is 738 Å². The summed E-state index contributed by atoms with van der Waals surface area (Å²) in [5.41, 5.74) is 6.43. The summed E-state index contributed by atoms with van der Waals surface area (Å²) in [5.74, 6) is -1.23. The maximum Gasteiger partial charge on any atom is 0.333 e. The van der Waals surface area contributed by atoms with Crippen LogP contribution in [0.5, 0.6) is 34.5 Å². The molecular formula is C99H120O27. The number of aliphatic hydroxyl groups excluding tert-OH is 3. The number of hydrogen-bond donors (Lipinski definition) is 3. The van der Waals surface area contributed by atoms with Gasteiger partial charge in [-0.05, 0) is 168 Å². The first-order chi connectivity index (χ1) is 59.0. The van der Waals surface area contributed by atoms with Gasteiger partial charge in [0.25, 0.3) is 0 Å². The van der Waals surface area contributed by atoms with E-state index in [1.807, 2.05) is 109 Å². The topological polar surface area (TPSA) is 353 Å². The van der Waals surface area contributed by atoms with Crippen molar-refractivity contribution >= 4 is 53.7 Å². The van der Waals surface area contributed by atoms with Crippen molar-refractivity contribution in [2.24, 2.45) is 0 Å². The number of esters is 9. The molecule has 27 heteroatoms. The Morgan fingerprint density at radius 1 is 0.254 bits per heavy atom. The maximum absolute atomic E-state index is 12.1. The summed E-state index contributed by atoms with van der Waals surface area (Å²) in [6.45, 7) is 57.3. The Hall–Kier alpha value is -13.1. The summed E-state index contributed by atoms with van der Waals surface area (Å²) in [4.78, 5) is 107. The molecule has 0 saturated carbocycles. The quantitative estimate of drug-likeness (QED) is 0.0138. The van der Waals surface area contributed by atoms with Crippen LogP contribution >= 0.6 is 0 Å². The predicted octanol–water partition coefficient (Wildman–Crippen LogP) is 15.6. The Morgan fingerprint density at radius 3 is 0.667 bits per heavy atom. The van der Waals surface area contributed by atoms with E-state index in [-0.39, 0.29) is 140 Å². The van der Waals surface area contributed by atoms with E-state index in [0.717, 1.165) is 33.4 Å². The smallest absolute Gasteiger partial charge is 0.333 e. The minimum absolute atomic E-state index is 0.0164. The molecule has 126 heavy (non-hydrogen) atoms. The molecule has 0 radical (unpaired) electrons. The molecule has 3 N–H and O–H groups in total. The molecule has 0 amide bonds. The molecule has 0 spiro atoms. The van der Waals surface area contributed by atoms with Crippen molar-refractivity contribution in [1.29, 1.82) is 0 Å². The zero-order chi connectivity index (χ0) is 94.3. The lowest BCUT2D eigenvalue weighted by Gasteiger charge is -2.27.